The second kappa shape index (κ2) is 12.7. The van der Waals surface area contributed by atoms with Gasteiger partial charge >= 0.3 is 11.9 Å². The summed E-state index contributed by atoms with van der Waals surface area (Å²) >= 11 is 0. The number of carboxylic acids is 2. The van der Waals surface area contributed by atoms with Crippen LogP contribution in [0.4, 0.5) is 0 Å². The second-order valence-corrected chi connectivity index (χ2v) is 12.8. The molecular weight excluding hydrogens is 440 g/mol. The van der Waals surface area contributed by atoms with E-state index in [2.05, 4.69) is 41.5 Å². The third kappa shape index (κ3) is 10.1. The van der Waals surface area contributed by atoms with Crippen LogP contribution in [0.25, 0.3) is 0 Å². The van der Waals surface area contributed by atoms with Crippen LogP contribution in [0, 0.1) is 33.5 Å². The quantitative estimate of drug-likeness (QED) is 0.377. The summed E-state index contributed by atoms with van der Waals surface area (Å²) in [5, 5.41) is 17.9. The van der Waals surface area contributed by atoms with Gasteiger partial charge in [0.2, 0.25) is 0 Å². The van der Waals surface area contributed by atoms with Crippen molar-refractivity contribution in [2.24, 2.45) is 45.0 Å². The lowest BCUT2D eigenvalue weighted by molar-refractivity contribution is -0.141. The summed E-state index contributed by atoms with van der Waals surface area (Å²) in [6.07, 6.45) is 8.83. The van der Waals surface area contributed by atoms with Crippen LogP contribution in [0.2, 0.25) is 0 Å². The molecular formula is C26H51ClN2O4. The molecule has 6 N–H and O–H groups in total. The van der Waals surface area contributed by atoms with Gasteiger partial charge in [0.15, 0.2) is 0 Å². The van der Waals surface area contributed by atoms with Crippen LogP contribution >= 0.6 is 12.4 Å². The number of carbonyl (C=O) groups is 2. The fraction of sp³-hybridized carbons (Fsp3) is 0.923. The molecule has 2 rings (SSSR count). The molecule has 0 spiro atoms. The molecule has 2 aliphatic rings. The predicted molar refractivity (Wildman–Crippen MR) is 138 cm³/mol. The normalized spacial score (nSPS) is 30.4. The first-order valence-corrected chi connectivity index (χ1v) is 12.4. The largest absolute Gasteiger partial charge is 0.481 e. The van der Waals surface area contributed by atoms with E-state index in [-0.39, 0.29) is 36.1 Å². The zero-order valence-corrected chi connectivity index (χ0v) is 22.7. The molecule has 0 amide bonds. The summed E-state index contributed by atoms with van der Waals surface area (Å²) in [5.74, 6) is 0.00116. The number of rotatable bonds is 6. The Labute approximate surface area is 208 Å². The zero-order chi connectivity index (χ0) is 24.8. The molecule has 2 aliphatic carbocycles. The van der Waals surface area contributed by atoms with E-state index in [1.165, 1.54) is 0 Å². The summed E-state index contributed by atoms with van der Waals surface area (Å²) in [5.41, 5.74) is 12.0. The van der Waals surface area contributed by atoms with E-state index in [4.69, 9.17) is 21.7 Å². The van der Waals surface area contributed by atoms with E-state index in [1.54, 1.807) is 0 Å². The lowest BCUT2D eigenvalue weighted by atomic mass is 9.63. The molecule has 2 saturated carbocycles. The molecule has 0 aromatic rings. The number of aliphatic carboxylic acids is 2. The number of halogens is 1. The van der Waals surface area contributed by atoms with Crippen molar-refractivity contribution in [2.75, 3.05) is 13.1 Å². The van der Waals surface area contributed by atoms with E-state index in [9.17, 15) is 9.59 Å². The third-order valence-electron chi connectivity index (χ3n) is 8.46. The highest BCUT2D eigenvalue weighted by Gasteiger charge is 2.40. The smallest absolute Gasteiger partial charge is 0.303 e. The van der Waals surface area contributed by atoms with Gasteiger partial charge in [0.25, 0.3) is 0 Å². The highest BCUT2D eigenvalue weighted by atomic mass is 35.5. The van der Waals surface area contributed by atoms with Crippen LogP contribution < -0.4 is 11.5 Å². The Morgan fingerprint density at radius 1 is 0.697 bits per heavy atom. The molecule has 0 saturated heterocycles. The van der Waals surface area contributed by atoms with E-state index in [0.29, 0.717) is 35.8 Å². The summed E-state index contributed by atoms with van der Waals surface area (Å²) in [6, 6.07) is 0. The van der Waals surface area contributed by atoms with Gasteiger partial charge in [-0.05, 0) is 98.0 Å². The molecule has 0 radical (unpaired) electrons. The van der Waals surface area contributed by atoms with Crippen molar-refractivity contribution >= 4 is 24.3 Å². The minimum absolute atomic E-state index is 0. The van der Waals surface area contributed by atoms with Crippen LogP contribution in [-0.2, 0) is 9.59 Å². The first-order valence-electron chi connectivity index (χ1n) is 12.4. The van der Waals surface area contributed by atoms with Crippen molar-refractivity contribution in [3.63, 3.8) is 0 Å². The SMILES string of the molecule is CC(C)(C)C1CCC(CN)(CC(=O)O)CC1.CC(C)(C)C1CCC(CN)(CC(=O)O)CC1.Cl. The number of hydrogen-bond donors (Lipinski definition) is 4. The van der Waals surface area contributed by atoms with Crippen LogP contribution in [0.1, 0.15) is 106 Å². The number of nitrogens with two attached hydrogens (primary N) is 2. The average Bonchev–Trinajstić information content (AvgIpc) is 2.67. The van der Waals surface area contributed by atoms with Gasteiger partial charge in [0.1, 0.15) is 0 Å². The van der Waals surface area contributed by atoms with Crippen molar-refractivity contribution in [1.29, 1.82) is 0 Å². The Balaban J connectivity index is 0.000000602. The Bertz CT molecular complexity index is 555. The number of carboxylic acid groups (broad SMARTS) is 2. The van der Waals surface area contributed by atoms with Crippen LogP contribution in [0.5, 0.6) is 0 Å². The fourth-order valence-electron chi connectivity index (χ4n) is 5.74. The summed E-state index contributed by atoms with van der Waals surface area (Å²) in [7, 11) is 0. The highest BCUT2D eigenvalue weighted by Crippen LogP contribution is 2.47. The number of hydrogen-bond acceptors (Lipinski definition) is 4. The molecule has 0 unspecified atom stereocenters. The predicted octanol–water partition coefficient (Wildman–Crippen LogP) is 5.71. The Hall–Kier alpha value is -0.850. The van der Waals surface area contributed by atoms with Crippen molar-refractivity contribution in [1.82, 2.24) is 0 Å². The fourth-order valence-corrected chi connectivity index (χ4v) is 5.74. The molecule has 0 aromatic carbocycles. The Morgan fingerprint density at radius 3 is 1.09 bits per heavy atom. The van der Waals surface area contributed by atoms with E-state index >= 15 is 0 Å². The van der Waals surface area contributed by atoms with Crippen LogP contribution in [0.3, 0.4) is 0 Å². The lowest BCUT2D eigenvalue weighted by Crippen LogP contribution is -2.39. The molecule has 2 fully saturated rings. The summed E-state index contributed by atoms with van der Waals surface area (Å²) < 4.78 is 0. The molecule has 7 heteroatoms. The zero-order valence-electron chi connectivity index (χ0n) is 21.9. The lowest BCUT2D eigenvalue weighted by Gasteiger charge is -2.43. The highest BCUT2D eigenvalue weighted by molar-refractivity contribution is 5.85. The molecule has 0 aromatic heterocycles. The molecule has 0 aliphatic heterocycles. The summed E-state index contributed by atoms with van der Waals surface area (Å²) in [6.45, 7) is 14.6. The standard InChI is InChI=1S/2C13H25NO2.ClH/c2*1-12(2,3)10-4-6-13(9-14,7-5-10)8-11(15)16;/h2*10H,4-9,14H2,1-3H3,(H,15,16);1H. The third-order valence-corrected chi connectivity index (χ3v) is 8.46. The molecule has 0 bridgehead atoms. The molecule has 33 heavy (non-hydrogen) atoms. The first kappa shape index (κ1) is 32.1. The van der Waals surface area contributed by atoms with Crippen LogP contribution in [-0.4, -0.2) is 35.2 Å². The van der Waals surface area contributed by atoms with Crippen molar-refractivity contribution in [3.8, 4) is 0 Å². The maximum atomic E-state index is 10.9. The van der Waals surface area contributed by atoms with Gasteiger partial charge < -0.3 is 21.7 Å². The molecule has 196 valence electrons. The van der Waals surface area contributed by atoms with Gasteiger partial charge in [0, 0.05) is 0 Å². The molecule has 6 nitrogen and oxygen atoms in total. The van der Waals surface area contributed by atoms with E-state index in [0.717, 1.165) is 51.4 Å². The topological polar surface area (TPSA) is 127 Å². The van der Waals surface area contributed by atoms with Crippen molar-refractivity contribution in [2.45, 2.75) is 106 Å². The van der Waals surface area contributed by atoms with E-state index in [1.807, 2.05) is 0 Å². The van der Waals surface area contributed by atoms with Crippen LogP contribution in [0.15, 0.2) is 0 Å². The minimum atomic E-state index is -0.709. The monoisotopic (exact) mass is 490 g/mol. The summed E-state index contributed by atoms with van der Waals surface area (Å²) in [4.78, 5) is 21.7. The van der Waals surface area contributed by atoms with Crippen molar-refractivity contribution < 1.29 is 19.8 Å². The van der Waals surface area contributed by atoms with Gasteiger partial charge in [-0.25, -0.2) is 0 Å². The van der Waals surface area contributed by atoms with Gasteiger partial charge in [-0.3, -0.25) is 9.59 Å². The molecule has 0 heterocycles. The van der Waals surface area contributed by atoms with Crippen molar-refractivity contribution in [3.05, 3.63) is 0 Å². The Morgan fingerprint density at radius 2 is 0.939 bits per heavy atom. The maximum absolute atomic E-state index is 10.9. The van der Waals surface area contributed by atoms with Gasteiger partial charge in [-0.15, -0.1) is 12.4 Å². The maximum Gasteiger partial charge on any atom is 0.303 e. The minimum Gasteiger partial charge on any atom is -0.481 e. The van der Waals surface area contributed by atoms with Gasteiger partial charge in [-0.1, -0.05) is 41.5 Å². The first-order chi connectivity index (χ1) is 14.6. The van der Waals surface area contributed by atoms with Gasteiger partial charge in [-0.2, -0.15) is 0 Å². The van der Waals surface area contributed by atoms with E-state index < -0.39 is 11.9 Å². The van der Waals surface area contributed by atoms with Gasteiger partial charge in [0.05, 0.1) is 12.8 Å². The second-order valence-electron chi connectivity index (χ2n) is 12.8. The Kier molecular flexibility index (Phi) is 12.4. The average molecular weight is 491 g/mol. The molecule has 0 atom stereocenters.